The zero-order valence-electron chi connectivity index (χ0n) is 19.2. The molecule has 4 aromatic heterocycles. The molecular formula is C27H22N6O2. The molecule has 8 nitrogen and oxygen atoms in total. The van der Waals surface area contributed by atoms with Gasteiger partial charge in [-0.15, -0.1) is 0 Å². The third-order valence-electron chi connectivity index (χ3n) is 6.70. The zero-order valence-corrected chi connectivity index (χ0v) is 19.2. The van der Waals surface area contributed by atoms with Gasteiger partial charge in [-0.3, -0.25) is 9.97 Å². The highest BCUT2D eigenvalue weighted by molar-refractivity contribution is 5.88. The summed E-state index contributed by atoms with van der Waals surface area (Å²) >= 11 is 0. The third kappa shape index (κ3) is 3.32. The van der Waals surface area contributed by atoms with Gasteiger partial charge in [-0.2, -0.15) is 5.26 Å². The molecule has 2 N–H and O–H groups in total. The van der Waals surface area contributed by atoms with Gasteiger partial charge in [0.25, 0.3) is 0 Å². The number of aromatic amines is 1. The normalized spacial score (nSPS) is 17.4. The fraction of sp³-hybridized carbons (Fsp3) is 0.222. The Balaban J connectivity index is 1.68. The van der Waals surface area contributed by atoms with Gasteiger partial charge >= 0.3 is 0 Å². The summed E-state index contributed by atoms with van der Waals surface area (Å²) in [5, 5.41) is 26.0. The second kappa shape index (κ2) is 7.86. The molecule has 4 heterocycles. The van der Waals surface area contributed by atoms with Crippen molar-refractivity contribution >= 4 is 11.0 Å². The highest BCUT2D eigenvalue weighted by Gasteiger charge is 2.43. The molecular weight excluding hydrogens is 440 g/mol. The van der Waals surface area contributed by atoms with E-state index in [1.807, 2.05) is 38.1 Å². The molecule has 0 saturated heterocycles. The first-order valence-corrected chi connectivity index (χ1v) is 11.4. The Morgan fingerprint density at radius 3 is 2.34 bits per heavy atom. The SMILES string of the molecule is Cc1noc(C)c1-c1cc(C(O)(c2ccccn2)c2ccccn2)c2nc(C3CC3C#N)[nH]c2c1. The molecule has 8 heteroatoms. The number of nitrogens with one attached hydrogen (secondary N) is 1. The number of fused-ring (bicyclic) bond motifs is 1. The topological polar surface area (TPSA) is 125 Å². The van der Waals surface area contributed by atoms with Crippen molar-refractivity contribution in [3.8, 4) is 17.2 Å². The van der Waals surface area contributed by atoms with E-state index in [1.165, 1.54) is 0 Å². The molecule has 0 bridgehead atoms. The van der Waals surface area contributed by atoms with Gasteiger partial charge in [0, 0.05) is 29.4 Å². The first kappa shape index (κ1) is 21.2. The van der Waals surface area contributed by atoms with E-state index < -0.39 is 5.60 Å². The van der Waals surface area contributed by atoms with Crippen molar-refractivity contribution in [1.82, 2.24) is 25.1 Å². The monoisotopic (exact) mass is 462 g/mol. The zero-order chi connectivity index (χ0) is 24.2. The largest absolute Gasteiger partial charge is 0.373 e. The number of hydrogen-bond donors (Lipinski definition) is 2. The molecule has 0 amide bonds. The van der Waals surface area contributed by atoms with Crippen LogP contribution in [0.3, 0.4) is 0 Å². The van der Waals surface area contributed by atoms with Crippen LogP contribution < -0.4 is 0 Å². The first-order chi connectivity index (χ1) is 17.0. The highest BCUT2D eigenvalue weighted by atomic mass is 16.5. The van der Waals surface area contributed by atoms with Gasteiger partial charge in [-0.05, 0) is 62.2 Å². The van der Waals surface area contributed by atoms with Crippen LogP contribution in [0, 0.1) is 31.1 Å². The number of aromatic nitrogens is 5. The van der Waals surface area contributed by atoms with Gasteiger partial charge in [0.2, 0.25) is 0 Å². The summed E-state index contributed by atoms with van der Waals surface area (Å²) in [5.74, 6) is 1.43. The van der Waals surface area contributed by atoms with E-state index in [9.17, 15) is 10.4 Å². The Morgan fingerprint density at radius 1 is 1.09 bits per heavy atom. The summed E-state index contributed by atoms with van der Waals surface area (Å²) < 4.78 is 5.44. The second-order valence-electron chi connectivity index (χ2n) is 8.96. The van der Waals surface area contributed by atoms with Crippen molar-refractivity contribution in [2.75, 3.05) is 0 Å². The number of pyridine rings is 2. The molecule has 2 unspecified atom stereocenters. The maximum Gasteiger partial charge on any atom is 0.176 e. The molecule has 1 saturated carbocycles. The van der Waals surface area contributed by atoms with Crippen LogP contribution in [-0.2, 0) is 5.60 Å². The summed E-state index contributed by atoms with van der Waals surface area (Å²) in [5.41, 5.74) is 3.52. The highest BCUT2D eigenvalue weighted by Crippen LogP contribution is 2.47. The minimum absolute atomic E-state index is 0.0495. The summed E-state index contributed by atoms with van der Waals surface area (Å²) in [7, 11) is 0. The van der Waals surface area contributed by atoms with Gasteiger partial charge in [0.05, 0.1) is 40.1 Å². The standard InChI is InChI=1S/C27H22N6O2/c1-15-24(16(2)35-33-15)17-12-20(25-21(13-17)31-26(32-25)19-11-18(19)14-28)27(34,22-7-3-5-9-29-22)23-8-4-6-10-30-23/h3-10,12-13,18-19,34H,11H2,1-2H3,(H,31,32). The van der Waals surface area contributed by atoms with E-state index in [0.29, 0.717) is 28.2 Å². The molecule has 0 radical (unpaired) electrons. The molecule has 1 aromatic carbocycles. The van der Waals surface area contributed by atoms with Crippen molar-refractivity contribution < 1.29 is 9.63 Å². The van der Waals surface area contributed by atoms with Gasteiger partial charge in [-0.1, -0.05) is 17.3 Å². The van der Waals surface area contributed by atoms with Crippen LogP contribution in [0.1, 0.15) is 46.6 Å². The molecule has 1 aliphatic carbocycles. The van der Waals surface area contributed by atoms with Crippen LogP contribution in [0.15, 0.2) is 65.4 Å². The van der Waals surface area contributed by atoms with Crippen molar-refractivity contribution in [3.05, 3.63) is 95.2 Å². The fourth-order valence-electron chi connectivity index (χ4n) is 4.83. The van der Waals surface area contributed by atoms with E-state index in [4.69, 9.17) is 9.51 Å². The molecule has 6 rings (SSSR count). The van der Waals surface area contributed by atoms with E-state index in [0.717, 1.165) is 34.6 Å². The summed E-state index contributed by atoms with van der Waals surface area (Å²) in [4.78, 5) is 17.3. The first-order valence-electron chi connectivity index (χ1n) is 11.4. The second-order valence-corrected chi connectivity index (χ2v) is 8.96. The van der Waals surface area contributed by atoms with Crippen LogP contribution in [0.25, 0.3) is 22.2 Å². The fourth-order valence-corrected chi connectivity index (χ4v) is 4.83. The minimum atomic E-state index is -1.68. The summed E-state index contributed by atoms with van der Waals surface area (Å²) in [6.45, 7) is 3.75. The molecule has 2 atom stereocenters. The van der Waals surface area contributed by atoms with E-state index in [2.05, 4.69) is 26.2 Å². The van der Waals surface area contributed by atoms with Crippen molar-refractivity contribution in [2.45, 2.75) is 31.8 Å². The molecule has 0 aliphatic heterocycles. The smallest absolute Gasteiger partial charge is 0.176 e. The van der Waals surface area contributed by atoms with E-state index >= 15 is 0 Å². The van der Waals surface area contributed by atoms with Crippen LogP contribution in [-0.4, -0.2) is 30.2 Å². The van der Waals surface area contributed by atoms with Crippen LogP contribution in [0.5, 0.6) is 0 Å². The number of aryl methyl sites for hydroxylation is 2. The Morgan fingerprint density at radius 2 is 1.80 bits per heavy atom. The predicted octanol–water partition coefficient (Wildman–Crippen LogP) is 4.54. The molecule has 172 valence electrons. The lowest BCUT2D eigenvalue weighted by atomic mass is 9.83. The molecule has 35 heavy (non-hydrogen) atoms. The van der Waals surface area contributed by atoms with E-state index in [-0.39, 0.29) is 11.8 Å². The number of rotatable bonds is 5. The lowest BCUT2D eigenvalue weighted by Crippen LogP contribution is -2.31. The Labute approximate surface area is 201 Å². The van der Waals surface area contributed by atoms with Crippen molar-refractivity contribution in [1.29, 1.82) is 5.26 Å². The Hall–Kier alpha value is -4.35. The predicted molar refractivity (Wildman–Crippen MR) is 128 cm³/mol. The number of hydrogen-bond acceptors (Lipinski definition) is 7. The third-order valence-corrected chi connectivity index (χ3v) is 6.70. The molecule has 1 aliphatic rings. The number of nitrogens with zero attached hydrogens (tertiary/aromatic N) is 5. The summed E-state index contributed by atoms with van der Waals surface area (Å²) in [6, 6.07) is 17.1. The number of benzene rings is 1. The average Bonchev–Trinajstić information content (AvgIpc) is 3.45. The quantitative estimate of drug-likeness (QED) is 0.393. The Bertz CT molecular complexity index is 1520. The molecule has 0 spiro atoms. The number of H-pyrrole nitrogens is 1. The number of nitriles is 1. The minimum Gasteiger partial charge on any atom is -0.373 e. The lowest BCUT2D eigenvalue weighted by molar-refractivity contribution is 0.117. The Kier molecular flexibility index (Phi) is 4.76. The van der Waals surface area contributed by atoms with Crippen molar-refractivity contribution in [3.63, 3.8) is 0 Å². The van der Waals surface area contributed by atoms with E-state index in [1.54, 1.807) is 36.7 Å². The summed E-state index contributed by atoms with van der Waals surface area (Å²) in [6.07, 6.45) is 4.07. The van der Waals surface area contributed by atoms with Crippen LogP contribution in [0.2, 0.25) is 0 Å². The average molecular weight is 463 g/mol. The van der Waals surface area contributed by atoms with Gasteiger partial charge in [-0.25, -0.2) is 4.98 Å². The van der Waals surface area contributed by atoms with Gasteiger partial charge < -0.3 is 14.6 Å². The number of aliphatic hydroxyl groups is 1. The maximum absolute atomic E-state index is 12.5. The van der Waals surface area contributed by atoms with Crippen LogP contribution in [0.4, 0.5) is 0 Å². The molecule has 1 fully saturated rings. The van der Waals surface area contributed by atoms with Gasteiger partial charge in [0.1, 0.15) is 11.6 Å². The van der Waals surface area contributed by atoms with Crippen LogP contribution >= 0.6 is 0 Å². The van der Waals surface area contributed by atoms with Gasteiger partial charge in [0.15, 0.2) is 5.60 Å². The van der Waals surface area contributed by atoms with Crippen molar-refractivity contribution in [2.24, 2.45) is 5.92 Å². The number of imidazole rings is 1. The lowest BCUT2D eigenvalue weighted by Gasteiger charge is -2.28. The maximum atomic E-state index is 12.5. The molecule has 5 aromatic rings.